The number of rotatable bonds is 3. The highest BCUT2D eigenvalue weighted by atomic mass is 16.5. The first kappa shape index (κ1) is 11.0. The van der Waals surface area contributed by atoms with E-state index in [4.69, 9.17) is 4.74 Å². The average molecular weight is 221 g/mol. The zero-order valence-corrected chi connectivity index (χ0v) is 9.18. The molecule has 0 unspecified atom stereocenters. The molecular weight excluding hydrogens is 206 g/mol. The summed E-state index contributed by atoms with van der Waals surface area (Å²) >= 11 is 0. The number of para-hydroxylation sites is 1. The van der Waals surface area contributed by atoms with E-state index in [1.54, 1.807) is 0 Å². The molecule has 1 heterocycles. The Morgan fingerprint density at radius 1 is 1.38 bits per heavy atom. The van der Waals surface area contributed by atoms with Gasteiger partial charge in [-0.15, -0.1) is 0 Å². The van der Waals surface area contributed by atoms with Crippen molar-refractivity contribution < 1.29 is 14.3 Å². The zero-order chi connectivity index (χ0) is 11.4. The molecule has 2 rings (SSSR count). The van der Waals surface area contributed by atoms with Crippen molar-refractivity contribution in [1.82, 2.24) is 5.32 Å². The van der Waals surface area contributed by atoms with Crippen LogP contribution in [0.25, 0.3) is 0 Å². The smallest absolute Gasteiger partial charge is 0.323 e. The van der Waals surface area contributed by atoms with Crippen LogP contribution in [0.2, 0.25) is 0 Å². The Morgan fingerprint density at radius 3 is 2.81 bits per heavy atom. The molecule has 0 spiro atoms. The lowest BCUT2D eigenvalue weighted by atomic mass is 10.2. The molecule has 1 aromatic rings. The van der Waals surface area contributed by atoms with Crippen LogP contribution in [0.1, 0.15) is 6.42 Å². The lowest BCUT2D eigenvalue weighted by Crippen LogP contribution is -2.31. The minimum Gasteiger partial charge on any atom is -0.489 e. The number of nitrogens with one attached hydrogen (secondary N) is 1. The predicted octanol–water partition coefficient (Wildman–Crippen LogP) is 0.969. The molecular formula is C12H15NO3. The second-order valence-corrected chi connectivity index (χ2v) is 3.77. The summed E-state index contributed by atoms with van der Waals surface area (Å²) in [5.74, 6) is 0.610. The van der Waals surface area contributed by atoms with Crippen LogP contribution in [0, 0.1) is 0 Å². The number of hydrogen-bond acceptors (Lipinski definition) is 4. The summed E-state index contributed by atoms with van der Waals surface area (Å²) in [7, 11) is 1.40. The fraction of sp³-hybridized carbons (Fsp3) is 0.417. The van der Waals surface area contributed by atoms with Gasteiger partial charge in [0.15, 0.2) is 0 Å². The number of carbonyl (C=O) groups is 1. The summed E-state index contributed by atoms with van der Waals surface area (Å²) in [6.07, 6.45) is 0.688. The van der Waals surface area contributed by atoms with Crippen molar-refractivity contribution >= 4 is 5.97 Å². The van der Waals surface area contributed by atoms with Crippen LogP contribution in [-0.4, -0.2) is 31.8 Å². The predicted molar refractivity (Wildman–Crippen MR) is 59.3 cm³/mol. The van der Waals surface area contributed by atoms with Gasteiger partial charge in [0.05, 0.1) is 7.11 Å². The van der Waals surface area contributed by atoms with Gasteiger partial charge >= 0.3 is 5.97 Å². The summed E-state index contributed by atoms with van der Waals surface area (Å²) in [5, 5.41) is 3.08. The number of esters is 1. The van der Waals surface area contributed by atoms with Crippen LogP contribution in [0.4, 0.5) is 0 Å². The Bertz CT molecular complexity index is 353. The zero-order valence-electron chi connectivity index (χ0n) is 9.18. The minimum absolute atomic E-state index is 0.0338. The van der Waals surface area contributed by atoms with Crippen molar-refractivity contribution in [1.29, 1.82) is 0 Å². The SMILES string of the molecule is COC(=O)[C@H]1C[C@H](Oc2ccccc2)CN1. The van der Waals surface area contributed by atoms with Crippen LogP contribution in [0.3, 0.4) is 0 Å². The largest absolute Gasteiger partial charge is 0.489 e. The molecule has 0 aliphatic carbocycles. The molecule has 2 atom stereocenters. The Kier molecular flexibility index (Phi) is 3.41. The third-order valence-electron chi connectivity index (χ3n) is 2.62. The van der Waals surface area contributed by atoms with Gasteiger partial charge in [-0.25, -0.2) is 0 Å². The molecule has 4 nitrogen and oxygen atoms in total. The van der Waals surface area contributed by atoms with Gasteiger partial charge in [0.1, 0.15) is 17.9 Å². The molecule has 0 radical (unpaired) electrons. The maximum Gasteiger partial charge on any atom is 0.323 e. The maximum atomic E-state index is 11.3. The van der Waals surface area contributed by atoms with Gasteiger partial charge < -0.3 is 14.8 Å². The highest BCUT2D eigenvalue weighted by molar-refractivity contribution is 5.76. The van der Waals surface area contributed by atoms with Gasteiger partial charge in [0.25, 0.3) is 0 Å². The second-order valence-electron chi connectivity index (χ2n) is 3.77. The third-order valence-corrected chi connectivity index (χ3v) is 2.62. The molecule has 1 saturated heterocycles. The van der Waals surface area contributed by atoms with Gasteiger partial charge in [-0.2, -0.15) is 0 Å². The van der Waals surface area contributed by atoms with E-state index in [1.165, 1.54) is 7.11 Å². The molecule has 1 N–H and O–H groups in total. The fourth-order valence-corrected chi connectivity index (χ4v) is 1.81. The van der Waals surface area contributed by atoms with Crippen molar-refractivity contribution in [2.24, 2.45) is 0 Å². The van der Waals surface area contributed by atoms with Gasteiger partial charge in [0, 0.05) is 13.0 Å². The first-order chi connectivity index (χ1) is 7.79. The van der Waals surface area contributed by atoms with E-state index in [9.17, 15) is 4.79 Å². The van der Waals surface area contributed by atoms with E-state index in [0.717, 1.165) is 5.75 Å². The monoisotopic (exact) mass is 221 g/mol. The molecule has 0 bridgehead atoms. The maximum absolute atomic E-state index is 11.3. The number of hydrogen-bond donors (Lipinski definition) is 1. The van der Waals surface area contributed by atoms with Gasteiger partial charge in [-0.1, -0.05) is 18.2 Å². The summed E-state index contributed by atoms with van der Waals surface area (Å²) in [4.78, 5) is 11.3. The lowest BCUT2D eigenvalue weighted by Gasteiger charge is -2.12. The van der Waals surface area contributed by atoms with Gasteiger partial charge in [-0.05, 0) is 12.1 Å². The fourth-order valence-electron chi connectivity index (χ4n) is 1.81. The van der Waals surface area contributed by atoms with E-state index in [1.807, 2.05) is 30.3 Å². The van der Waals surface area contributed by atoms with Crippen LogP contribution < -0.4 is 10.1 Å². The Hall–Kier alpha value is -1.55. The molecule has 1 fully saturated rings. The quantitative estimate of drug-likeness (QED) is 0.773. The van der Waals surface area contributed by atoms with E-state index in [-0.39, 0.29) is 18.1 Å². The van der Waals surface area contributed by atoms with E-state index in [0.29, 0.717) is 13.0 Å². The van der Waals surface area contributed by atoms with E-state index < -0.39 is 0 Å². The molecule has 86 valence electrons. The number of benzene rings is 1. The van der Waals surface area contributed by atoms with E-state index in [2.05, 4.69) is 10.1 Å². The van der Waals surface area contributed by atoms with Crippen molar-refractivity contribution in [2.45, 2.75) is 18.6 Å². The van der Waals surface area contributed by atoms with Crippen molar-refractivity contribution in [3.8, 4) is 5.75 Å². The summed E-state index contributed by atoms with van der Waals surface area (Å²) in [6.45, 7) is 0.675. The highest BCUT2D eigenvalue weighted by Crippen LogP contribution is 2.17. The van der Waals surface area contributed by atoms with Crippen LogP contribution in [0.5, 0.6) is 5.75 Å². The lowest BCUT2D eigenvalue weighted by molar-refractivity contribution is -0.142. The molecule has 1 aromatic carbocycles. The third kappa shape index (κ3) is 2.52. The summed E-state index contributed by atoms with van der Waals surface area (Å²) in [6, 6.07) is 9.37. The van der Waals surface area contributed by atoms with Crippen molar-refractivity contribution in [3.63, 3.8) is 0 Å². The summed E-state index contributed by atoms with van der Waals surface area (Å²) < 4.78 is 10.4. The normalized spacial score (nSPS) is 24.1. The molecule has 0 saturated carbocycles. The molecule has 1 aliphatic rings. The van der Waals surface area contributed by atoms with Crippen LogP contribution >= 0.6 is 0 Å². The first-order valence-electron chi connectivity index (χ1n) is 5.32. The van der Waals surface area contributed by atoms with Crippen LogP contribution in [-0.2, 0) is 9.53 Å². The molecule has 0 amide bonds. The molecule has 4 heteroatoms. The number of carbonyl (C=O) groups excluding carboxylic acids is 1. The minimum atomic E-state index is -0.237. The standard InChI is InChI=1S/C12H15NO3/c1-15-12(14)11-7-10(8-13-11)16-9-5-3-2-4-6-9/h2-6,10-11,13H,7-8H2,1H3/t10-,11+/m0/s1. The molecule has 1 aliphatic heterocycles. The van der Waals surface area contributed by atoms with E-state index >= 15 is 0 Å². The van der Waals surface area contributed by atoms with Gasteiger partial charge in [-0.3, -0.25) is 4.79 Å². The average Bonchev–Trinajstić information content (AvgIpc) is 2.78. The van der Waals surface area contributed by atoms with Crippen molar-refractivity contribution in [2.75, 3.05) is 13.7 Å². The number of methoxy groups -OCH3 is 1. The van der Waals surface area contributed by atoms with Crippen molar-refractivity contribution in [3.05, 3.63) is 30.3 Å². The topological polar surface area (TPSA) is 47.6 Å². The van der Waals surface area contributed by atoms with Gasteiger partial charge in [0.2, 0.25) is 0 Å². The second kappa shape index (κ2) is 4.99. The molecule has 16 heavy (non-hydrogen) atoms. The number of ether oxygens (including phenoxy) is 2. The Labute approximate surface area is 94.6 Å². The summed E-state index contributed by atoms with van der Waals surface area (Å²) in [5.41, 5.74) is 0. The first-order valence-corrected chi connectivity index (χ1v) is 5.32. The highest BCUT2D eigenvalue weighted by Gasteiger charge is 2.31. The molecule has 0 aromatic heterocycles. The Morgan fingerprint density at radius 2 is 2.12 bits per heavy atom. The Balaban J connectivity index is 1.88. The van der Waals surface area contributed by atoms with Crippen LogP contribution in [0.15, 0.2) is 30.3 Å².